The molecule has 1 unspecified atom stereocenters. The molecular weight excluding hydrogens is 206 g/mol. The highest BCUT2D eigenvalue weighted by Crippen LogP contribution is 2.14. The molecule has 0 aromatic rings. The van der Waals surface area contributed by atoms with Crippen LogP contribution in [0.25, 0.3) is 0 Å². The highest BCUT2D eigenvalue weighted by Gasteiger charge is 2.15. The SMILES string of the molecule is C1COC(CCOCCN2CCOCC2)C1. The molecule has 2 rings (SSSR count). The Kier molecular flexibility index (Phi) is 5.55. The molecule has 0 amide bonds. The molecular formula is C12H23NO3. The minimum absolute atomic E-state index is 0.461. The lowest BCUT2D eigenvalue weighted by Crippen LogP contribution is -2.38. The quantitative estimate of drug-likeness (QED) is 0.633. The van der Waals surface area contributed by atoms with E-state index in [1.54, 1.807) is 0 Å². The normalized spacial score (nSPS) is 27.4. The summed E-state index contributed by atoms with van der Waals surface area (Å²) in [6, 6.07) is 0. The van der Waals surface area contributed by atoms with Crippen molar-refractivity contribution in [1.82, 2.24) is 4.90 Å². The largest absolute Gasteiger partial charge is 0.380 e. The van der Waals surface area contributed by atoms with Crippen LogP contribution in [0.5, 0.6) is 0 Å². The van der Waals surface area contributed by atoms with Crippen LogP contribution >= 0.6 is 0 Å². The zero-order chi connectivity index (χ0) is 11.1. The predicted molar refractivity (Wildman–Crippen MR) is 61.7 cm³/mol. The second-order valence-electron chi connectivity index (χ2n) is 4.49. The van der Waals surface area contributed by atoms with Gasteiger partial charge in [-0.3, -0.25) is 4.90 Å². The van der Waals surface area contributed by atoms with Gasteiger partial charge in [-0.15, -0.1) is 0 Å². The second-order valence-corrected chi connectivity index (χ2v) is 4.49. The van der Waals surface area contributed by atoms with E-state index in [9.17, 15) is 0 Å². The zero-order valence-corrected chi connectivity index (χ0v) is 10.0. The summed E-state index contributed by atoms with van der Waals surface area (Å²) in [6.45, 7) is 7.51. The Labute approximate surface area is 97.8 Å². The van der Waals surface area contributed by atoms with Gasteiger partial charge in [-0.05, 0) is 19.3 Å². The Morgan fingerprint density at radius 1 is 1.12 bits per heavy atom. The van der Waals surface area contributed by atoms with Crippen LogP contribution in [0.4, 0.5) is 0 Å². The maximum atomic E-state index is 5.64. The summed E-state index contributed by atoms with van der Waals surface area (Å²) in [7, 11) is 0. The second kappa shape index (κ2) is 7.22. The van der Waals surface area contributed by atoms with Gasteiger partial charge in [-0.1, -0.05) is 0 Å². The molecule has 94 valence electrons. The molecule has 2 aliphatic heterocycles. The minimum Gasteiger partial charge on any atom is -0.380 e. The van der Waals surface area contributed by atoms with Crippen molar-refractivity contribution in [3.8, 4) is 0 Å². The summed E-state index contributed by atoms with van der Waals surface area (Å²) in [5, 5.41) is 0. The number of hydrogen-bond acceptors (Lipinski definition) is 4. The fraction of sp³-hybridized carbons (Fsp3) is 1.00. The highest BCUT2D eigenvalue weighted by molar-refractivity contribution is 4.64. The minimum atomic E-state index is 0.461. The van der Waals surface area contributed by atoms with E-state index >= 15 is 0 Å². The first-order chi connectivity index (χ1) is 7.95. The molecule has 2 fully saturated rings. The van der Waals surface area contributed by atoms with Gasteiger partial charge >= 0.3 is 0 Å². The van der Waals surface area contributed by atoms with Crippen LogP contribution < -0.4 is 0 Å². The van der Waals surface area contributed by atoms with E-state index < -0.39 is 0 Å². The van der Waals surface area contributed by atoms with Crippen LogP contribution in [0, 0.1) is 0 Å². The highest BCUT2D eigenvalue weighted by atomic mass is 16.5. The summed E-state index contributed by atoms with van der Waals surface area (Å²) in [5.41, 5.74) is 0. The molecule has 2 aliphatic rings. The van der Waals surface area contributed by atoms with Gasteiger partial charge in [0, 0.05) is 32.8 Å². The third kappa shape index (κ3) is 4.37. The number of nitrogens with zero attached hydrogens (tertiary/aromatic N) is 1. The van der Waals surface area contributed by atoms with Crippen LogP contribution in [-0.2, 0) is 14.2 Å². The van der Waals surface area contributed by atoms with Crippen LogP contribution in [0.15, 0.2) is 0 Å². The Hall–Kier alpha value is -0.160. The van der Waals surface area contributed by atoms with Gasteiger partial charge in [0.15, 0.2) is 0 Å². The lowest BCUT2D eigenvalue weighted by molar-refractivity contribution is 0.0138. The number of ether oxygens (including phenoxy) is 3. The number of hydrogen-bond donors (Lipinski definition) is 0. The van der Waals surface area contributed by atoms with Crippen molar-refractivity contribution < 1.29 is 14.2 Å². The molecule has 1 atom stereocenters. The summed E-state index contributed by atoms with van der Waals surface area (Å²) >= 11 is 0. The van der Waals surface area contributed by atoms with Crippen molar-refractivity contribution in [3.05, 3.63) is 0 Å². The number of morpholine rings is 1. The van der Waals surface area contributed by atoms with Crippen molar-refractivity contribution in [2.45, 2.75) is 25.4 Å². The van der Waals surface area contributed by atoms with Crippen LogP contribution in [0.1, 0.15) is 19.3 Å². The molecule has 0 saturated carbocycles. The fourth-order valence-corrected chi connectivity index (χ4v) is 2.21. The van der Waals surface area contributed by atoms with Gasteiger partial charge in [0.25, 0.3) is 0 Å². The van der Waals surface area contributed by atoms with Gasteiger partial charge in [-0.2, -0.15) is 0 Å². The van der Waals surface area contributed by atoms with Crippen molar-refractivity contribution in [1.29, 1.82) is 0 Å². The van der Waals surface area contributed by atoms with E-state index in [4.69, 9.17) is 14.2 Å². The van der Waals surface area contributed by atoms with Crippen molar-refractivity contribution in [2.75, 3.05) is 52.7 Å². The third-order valence-electron chi connectivity index (χ3n) is 3.26. The average molecular weight is 229 g/mol. The van der Waals surface area contributed by atoms with E-state index in [0.717, 1.165) is 59.1 Å². The molecule has 0 aliphatic carbocycles. The zero-order valence-electron chi connectivity index (χ0n) is 10.0. The molecule has 4 nitrogen and oxygen atoms in total. The van der Waals surface area contributed by atoms with Gasteiger partial charge in [0.1, 0.15) is 0 Å². The maximum absolute atomic E-state index is 5.64. The van der Waals surface area contributed by atoms with Crippen molar-refractivity contribution in [3.63, 3.8) is 0 Å². The van der Waals surface area contributed by atoms with Gasteiger partial charge in [0.05, 0.1) is 25.9 Å². The first-order valence-corrected chi connectivity index (χ1v) is 6.44. The average Bonchev–Trinajstić information content (AvgIpc) is 2.83. The molecule has 0 radical (unpaired) electrons. The Morgan fingerprint density at radius 3 is 2.75 bits per heavy atom. The van der Waals surface area contributed by atoms with Gasteiger partial charge in [-0.25, -0.2) is 0 Å². The third-order valence-corrected chi connectivity index (χ3v) is 3.26. The summed E-state index contributed by atoms with van der Waals surface area (Å²) < 4.78 is 16.5. The standard InChI is InChI=1S/C12H23NO3/c1-2-12(16-7-1)3-8-14-9-4-13-5-10-15-11-6-13/h12H,1-11H2. The number of rotatable bonds is 6. The molecule has 0 aromatic carbocycles. The van der Waals surface area contributed by atoms with Crippen LogP contribution in [-0.4, -0.2) is 63.7 Å². The first kappa shape index (κ1) is 12.3. The topological polar surface area (TPSA) is 30.9 Å². The molecule has 4 heteroatoms. The summed E-state index contributed by atoms with van der Waals surface area (Å²) in [4.78, 5) is 2.40. The van der Waals surface area contributed by atoms with Crippen LogP contribution in [0.2, 0.25) is 0 Å². The Morgan fingerprint density at radius 2 is 2.00 bits per heavy atom. The molecule has 2 heterocycles. The van der Waals surface area contributed by atoms with Gasteiger partial charge < -0.3 is 14.2 Å². The summed E-state index contributed by atoms with van der Waals surface area (Å²) in [6.07, 6.45) is 3.96. The molecule has 0 N–H and O–H groups in total. The van der Waals surface area contributed by atoms with E-state index in [1.807, 2.05) is 0 Å². The fourth-order valence-electron chi connectivity index (χ4n) is 2.21. The van der Waals surface area contributed by atoms with E-state index in [1.165, 1.54) is 12.8 Å². The molecule has 2 saturated heterocycles. The van der Waals surface area contributed by atoms with Crippen molar-refractivity contribution >= 4 is 0 Å². The molecule has 16 heavy (non-hydrogen) atoms. The predicted octanol–water partition coefficient (Wildman–Crippen LogP) is 0.904. The Balaban J connectivity index is 1.42. The summed E-state index contributed by atoms with van der Waals surface area (Å²) in [5.74, 6) is 0. The van der Waals surface area contributed by atoms with Gasteiger partial charge in [0.2, 0.25) is 0 Å². The lowest BCUT2D eigenvalue weighted by Gasteiger charge is -2.26. The van der Waals surface area contributed by atoms with E-state index in [-0.39, 0.29) is 0 Å². The molecule has 0 spiro atoms. The molecule has 0 aromatic heterocycles. The first-order valence-electron chi connectivity index (χ1n) is 6.44. The Bertz CT molecular complexity index is 177. The van der Waals surface area contributed by atoms with Crippen LogP contribution in [0.3, 0.4) is 0 Å². The van der Waals surface area contributed by atoms with Crippen molar-refractivity contribution in [2.24, 2.45) is 0 Å². The smallest absolute Gasteiger partial charge is 0.0597 e. The molecule has 0 bridgehead atoms. The lowest BCUT2D eigenvalue weighted by atomic mass is 10.2. The monoisotopic (exact) mass is 229 g/mol. The maximum Gasteiger partial charge on any atom is 0.0597 e. The van der Waals surface area contributed by atoms with E-state index in [2.05, 4.69) is 4.90 Å². The van der Waals surface area contributed by atoms with E-state index in [0.29, 0.717) is 6.10 Å².